The molecule has 0 atom stereocenters. The third-order valence-electron chi connectivity index (χ3n) is 3.71. The Morgan fingerprint density at radius 3 is 2.59 bits per heavy atom. The Kier molecular flexibility index (Phi) is 3.36. The molecule has 3 heterocycles. The van der Waals surface area contributed by atoms with Crippen molar-refractivity contribution >= 4 is 17.0 Å². The SMILES string of the molecule is c1ccc(-c2cnc3c(N4CCOCC4)ncnc3n2)cc1. The molecule has 0 radical (unpaired) electrons. The number of nitrogens with zero attached hydrogens (tertiary/aromatic N) is 5. The Balaban J connectivity index is 1.78. The molecule has 1 saturated heterocycles. The van der Waals surface area contributed by atoms with Gasteiger partial charge >= 0.3 is 0 Å². The fourth-order valence-electron chi connectivity index (χ4n) is 2.58. The molecule has 3 aromatic rings. The van der Waals surface area contributed by atoms with E-state index >= 15 is 0 Å². The lowest BCUT2D eigenvalue weighted by atomic mass is 10.2. The molecule has 4 rings (SSSR count). The van der Waals surface area contributed by atoms with Crippen LogP contribution in [0.2, 0.25) is 0 Å². The summed E-state index contributed by atoms with van der Waals surface area (Å²) in [4.78, 5) is 20.0. The Morgan fingerprint density at radius 1 is 0.955 bits per heavy atom. The van der Waals surface area contributed by atoms with Crippen LogP contribution in [0.5, 0.6) is 0 Å². The molecule has 0 bridgehead atoms. The van der Waals surface area contributed by atoms with E-state index in [1.54, 1.807) is 12.5 Å². The number of hydrogen-bond acceptors (Lipinski definition) is 6. The van der Waals surface area contributed by atoms with Crippen molar-refractivity contribution in [2.75, 3.05) is 31.2 Å². The summed E-state index contributed by atoms with van der Waals surface area (Å²) in [7, 11) is 0. The number of ether oxygens (including phenoxy) is 1. The number of rotatable bonds is 2. The second kappa shape index (κ2) is 5.65. The average Bonchev–Trinajstić information content (AvgIpc) is 2.62. The smallest absolute Gasteiger partial charge is 0.184 e. The third-order valence-corrected chi connectivity index (χ3v) is 3.71. The third kappa shape index (κ3) is 2.37. The molecule has 0 unspecified atom stereocenters. The van der Waals surface area contributed by atoms with Crippen LogP contribution in [0.1, 0.15) is 0 Å². The standard InChI is InChI=1S/C16H15N5O/c1-2-4-12(5-3-1)13-10-17-14-15(20-13)18-11-19-16(14)21-6-8-22-9-7-21/h1-5,10-11H,6-9H2. The average molecular weight is 293 g/mol. The van der Waals surface area contributed by atoms with E-state index < -0.39 is 0 Å². The number of aromatic nitrogens is 4. The number of anilines is 1. The number of fused-ring (bicyclic) bond motifs is 1. The van der Waals surface area contributed by atoms with Gasteiger partial charge in [-0.1, -0.05) is 30.3 Å². The van der Waals surface area contributed by atoms with Gasteiger partial charge < -0.3 is 9.64 Å². The number of benzene rings is 1. The number of hydrogen-bond donors (Lipinski definition) is 0. The van der Waals surface area contributed by atoms with E-state index in [0.29, 0.717) is 18.9 Å². The van der Waals surface area contributed by atoms with E-state index in [1.807, 2.05) is 30.3 Å². The van der Waals surface area contributed by atoms with Crippen molar-refractivity contribution in [2.45, 2.75) is 0 Å². The Labute approximate surface area is 127 Å². The van der Waals surface area contributed by atoms with Crippen LogP contribution in [-0.2, 0) is 4.74 Å². The van der Waals surface area contributed by atoms with Crippen molar-refractivity contribution < 1.29 is 4.74 Å². The molecular weight excluding hydrogens is 278 g/mol. The summed E-state index contributed by atoms with van der Waals surface area (Å²) >= 11 is 0. The first-order valence-electron chi connectivity index (χ1n) is 7.28. The molecule has 0 spiro atoms. The minimum atomic E-state index is 0.623. The maximum absolute atomic E-state index is 5.39. The molecule has 1 aliphatic rings. The highest BCUT2D eigenvalue weighted by Crippen LogP contribution is 2.23. The van der Waals surface area contributed by atoms with Crippen molar-refractivity contribution in [3.8, 4) is 11.3 Å². The van der Waals surface area contributed by atoms with Crippen LogP contribution >= 0.6 is 0 Å². The fourth-order valence-corrected chi connectivity index (χ4v) is 2.58. The second-order valence-corrected chi connectivity index (χ2v) is 5.09. The summed E-state index contributed by atoms with van der Waals surface area (Å²) in [5.74, 6) is 0.834. The van der Waals surface area contributed by atoms with Crippen LogP contribution in [0.3, 0.4) is 0 Å². The van der Waals surface area contributed by atoms with Gasteiger partial charge in [-0.05, 0) is 0 Å². The lowest BCUT2D eigenvalue weighted by Gasteiger charge is -2.27. The van der Waals surface area contributed by atoms with Crippen LogP contribution in [0.25, 0.3) is 22.4 Å². The topological polar surface area (TPSA) is 64.0 Å². The maximum Gasteiger partial charge on any atom is 0.184 e. The van der Waals surface area contributed by atoms with E-state index in [4.69, 9.17) is 4.74 Å². The van der Waals surface area contributed by atoms with Gasteiger partial charge in [0.25, 0.3) is 0 Å². The zero-order valence-electron chi connectivity index (χ0n) is 12.0. The van der Waals surface area contributed by atoms with Gasteiger partial charge in [0, 0.05) is 18.7 Å². The van der Waals surface area contributed by atoms with Crippen LogP contribution in [-0.4, -0.2) is 46.2 Å². The Hall–Kier alpha value is -2.60. The van der Waals surface area contributed by atoms with Gasteiger partial charge in [-0.25, -0.2) is 19.9 Å². The minimum absolute atomic E-state index is 0.623. The molecule has 0 N–H and O–H groups in total. The van der Waals surface area contributed by atoms with E-state index in [0.717, 1.165) is 35.7 Å². The highest BCUT2D eigenvalue weighted by Gasteiger charge is 2.17. The van der Waals surface area contributed by atoms with Crippen molar-refractivity contribution in [1.29, 1.82) is 0 Å². The lowest BCUT2D eigenvalue weighted by Crippen LogP contribution is -2.37. The molecule has 1 fully saturated rings. The first-order chi connectivity index (χ1) is 10.9. The molecular formula is C16H15N5O. The monoisotopic (exact) mass is 293 g/mol. The summed E-state index contributed by atoms with van der Waals surface area (Å²) in [6.07, 6.45) is 3.33. The summed E-state index contributed by atoms with van der Waals surface area (Å²) in [6, 6.07) is 9.98. The molecule has 110 valence electrons. The highest BCUT2D eigenvalue weighted by molar-refractivity contribution is 5.84. The molecule has 1 aliphatic heterocycles. The van der Waals surface area contributed by atoms with Gasteiger partial charge in [-0.15, -0.1) is 0 Å². The zero-order valence-corrected chi connectivity index (χ0v) is 12.0. The quantitative estimate of drug-likeness (QED) is 0.719. The van der Waals surface area contributed by atoms with Crippen LogP contribution in [0.4, 0.5) is 5.82 Å². The second-order valence-electron chi connectivity index (χ2n) is 5.09. The molecule has 0 saturated carbocycles. The maximum atomic E-state index is 5.39. The van der Waals surface area contributed by atoms with E-state index in [2.05, 4.69) is 24.8 Å². The predicted octanol–water partition coefficient (Wildman–Crippen LogP) is 1.92. The first kappa shape index (κ1) is 13.1. The molecule has 22 heavy (non-hydrogen) atoms. The molecule has 2 aromatic heterocycles. The van der Waals surface area contributed by atoms with Gasteiger partial charge in [0.15, 0.2) is 17.0 Å². The van der Waals surface area contributed by atoms with Gasteiger partial charge in [-0.3, -0.25) is 0 Å². The normalized spacial score (nSPS) is 15.2. The zero-order chi connectivity index (χ0) is 14.8. The van der Waals surface area contributed by atoms with Gasteiger partial charge in [0.1, 0.15) is 6.33 Å². The summed E-state index contributed by atoms with van der Waals surface area (Å²) in [5.41, 5.74) is 3.21. The van der Waals surface area contributed by atoms with E-state index in [9.17, 15) is 0 Å². The van der Waals surface area contributed by atoms with Gasteiger partial charge in [-0.2, -0.15) is 0 Å². The van der Waals surface area contributed by atoms with Crippen molar-refractivity contribution in [1.82, 2.24) is 19.9 Å². The van der Waals surface area contributed by atoms with Crippen LogP contribution < -0.4 is 4.90 Å². The van der Waals surface area contributed by atoms with E-state index in [1.165, 1.54) is 0 Å². The largest absolute Gasteiger partial charge is 0.378 e. The predicted molar refractivity (Wildman–Crippen MR) is 83.6 cm³/mol. The first-order valence-corrected chi connectivity index (χ1v) is 7.28. The highest BCUT2D eigenvalue weighted by atomic mass is 16.5. The summed E-state index contributed by atoms with van der Waals surface area (Å²) in [6.45, 7) is 3.05. The van der Waals surface area contributed by atoms with Crippen molar-refractivity contribution in [3.05, 3.63) is 42.9 Å². The summed E-state index contributed by atoms with van der Waals surface area (Å²) < 4.78 is 5.39. The van der Waals surface area contributed by atoms with Gasteiger partial charge in [0.05, 0.1) is 25.1 Å². The molecule has 1 aromatic carbocycles. The Morgan fingerprint density at radius 2 is 1.77 bits per heavy atom. The van der Waals surface area contributed by atoms with Crippen LogP contribution in [0.15, 0.2) is 42.9 Å². The van der Waals surface area contributed by atoms with E-state index in [-0.39, 0.29) is 0 Å². The van der Waals surface area contributed by atoms with Gasteiger partial charge in [0.2, 0.25) is 0 Å². The molecule has 6 heteroatoms. The van der Waals surface area contributed by atoms with Crippen molar-refractivity contribution in [2.24, 2.45) is 0 Å². The summed E-state index contributed by atoms with van der Waals surface area (Å²) in [5, 5.41) is 0. The van der Waals surface area contributed by atoms with Crippen molar-refractivity contribution in [3.63, 3.8) is 0 Å². The lowest BCUT2D eigenvalue weighted by molar-refractivity contribution is 0.122. The van der Waals surface area contributed by atoms with Crippen LogP contribution in [0, 0.1) is 0 Å². The molecule has 0 amide bonds. The molecule has 6 nitrogen and oxygen atoms in total. The molecule has 0 aliphatic carbocycles. The number of morpholine rings is 1. The fraction of sp³-hybridized carbons (Fsp3) is 0.250. The minimum Gasteiger partial charge on any atom is -0.378 e. The Bertz CT molecular complexity index is 787.